The fourth-order valence-electron chi connectivity index (χ4n) is 2.06. The van der Waals surface area contributed by atoms with E-state index in [-0.39, 0.29) is 0 Å². The molecule has 1 N–H and O–H groups in total. The van der Waals surface area contributed by atoms with E-state index in [9.17, 15) is 0 Å². The van der Waals surface area contributed by atoms with Crippen LogP contribution in [0.2, 0.25) is 0 Å². The molecule has 3 aromatic rings. The number of nitrogens with one attached hydrogen (secondary N) is 1. The molecular formula is C17H12N4. The first kappa shape index (κ1) is 12.8. The van der Waals surface area contributed by atoms with Gasteiger partial charge in [-0.3, -0.25) is 0 Å². The first-order chi connectivity index (χ1) is 10.4. The Balaban J connectivity index is 1.98. The molecule has 0 bridgehead atoms. The summed E-state index contributed by atoms with van der Waals surface area (Å²) in [5.74, 6) is 0.414. The monoisotopic (exact) mass is 272 g/mol. The van der Waals surface area contributed by atoms with Gasteiger partial charge in [0, 0.05) is 17.4 Å². The Bertz CT molecular complexity index is 791. The maximum atomic E-state index is 8.89. The fraction of sp³-hybridized carbons (Fsp3) is 0. The number of rotatable bonds is 3. The van der Waals surface area contributed by atoms with Crippen LogP contribution in [0, 0.1) is 11.3 Å². The lowest BCUT2D eigenvalue weighted by Gasteiger charge is -2.11. The predicted octanol–water partition coefficient (Wildman–Crippen LogP) is 3.76. The van der Waals surface area contributed by atoms with Crippen LogP contribution in [-0.4, -0.2) is 9.97 Å². The lowest BCUT2D eigenvalue weighted by atomic mass is 10.0. The molecule has 4 heteroatoms. The molecule has 1 heterocycles. The van der Waals surface area contributed by atoms with Crippen LogP contribution >= 0.6 is 0 Å². The van der Waals surface area contributed by atoms with E-state index in [0.717, 1.165) is 16.8 Å². The van der Waals surface area contributed by atoms with Crippen molar-refractivity contribution in [1.82, 2.24) is 9.97 Å². The van der Waals surface area contributed by atoms with Crippen molar-refractivity contribution >= 4 is 11.6 Å². The number of hydrogen-bond donors (Lipinski definition) is 1. The van der Waals surface area contributed by atoms with Gasteiger partial charge >= 0.3 is 0 Å². The Morgan fingerprint density at radius 3 is 2.48 bits per heavy atom. The summed E-state index contributed by atoms with van der Waals surface area (Å²) < 4.78 is 0. The van der Waals surface area contributed by atoms with Gasteiger partial charge in [-0.2, -0.15) is 5.26 Å². The molecule has 0 amide bonds. The molecule has 0 saturated heterocycles. The maximum Gasteiger partial charge on any atom is 0.228 e. The first-order valence-electron chi connectivity index (χ1n) is 6.51. The van der Waals surface area contributed by atoms with Gasteiger partial charge in [0.2, 0.25) is 5.95 Å². The summed E-state index contributed by atoms with van der Waals surface area (Å²) >= 11 is 0. The van der Waals surface area contributed by atoms with E-state index in [2.05, 4.69) is 15.3 Å². The van der Waals surface area contributed by atoms with Crippen LogP contribution in [-0.2, 0) is 0 Å². The van der Waals surface area contributed by atoms with Crippen molar-refractivity contribution in [2.75, 3.05) is 5.32 Å². The number of para-hydroxylation sites is 1. The molecule has 21 heavy (non-hydrogen) atoms. The van der Waals surface area contributed by atoms with Crippen LogP contribution < -0.4 is 5.32 Å². The van der Waals surface area contributed by atoms with E-state index in [1.54, 1.807) is 12.3 Å². The van der Waals surface area contributed by atoms with Crippen molar-refractivity contribution in [1.29, 1.82) is 5.26 Å². The van der Waals surface area contributed by atoms with Crippen LogP contribution in [0.5, 0.6) is 0 Å². The first-order valence-corrected chi connectivity index (χ1v) is 6.51. The molecule has 0 saturated carbocycles. The van der Waals surface area contributed by atoms with Crippen molar-refractivity contribution in [2.45, 2.75) is 0 Å². The van der Waals surface area contributed by atoms with Gasteiger partial charge in [-0.05, 0) is 17.7 Å². The molecule has 0 radical (unpaired) electrons. The molecule has 0 spiro atoms. The molecule has 0 fully saturated rings. The summed E-state index contributed by atoms with van der Waals surface area (Å²) in [5.41, 5.74) is 3.41. The predicted molar refractivity (Wildman–Crippen MR) is 81.9 cm³/mol. The number of aromatic nitrogens is 2. The third kappa shape index (κ3) is 2.88. The van der Waals surface area contributed by atoms with E-state index < -0.39 is 0 Å². The second-order valence-electron chi connectivity index (χ2n) is 4.41. The Hall–Kier alpha value is -3.19. The number of nitriles is 1. The summed E-state index contributed by atoms with van der Waals surface area (Å²) in [4.78, 5) is 8.28. The Kier molecular flexibility index (Phi) is 3.57. The van der Waals surface area contributed by atoms with Crippen LogP contribution in [0.15, 0.2) is 66.9 Å². The van der Waals surface area contributed by atoms with Gasteiger partial charge in [0.15, 0.2) is 0 Å². The summed E-state index contributed by atoms with van der Waals surface area (Å²) in [6.07, 6.45) is 1.57. The third-order valence-corrected chi connectivity index (χ3v) is 3.03. The zero-order valence-corrected chi connectivity index (χ0v) is 11.2. The summed E-state index contributed by atoms with van der Waals surface area (Å²) in [6.45, 7) is 0. The minimum atomic E-state index is 0.338. The van der Waals surface area contributed by atoms with E-state index in [4.69, 9.17) is 5.26 Å². The molecule has 0 atom stereocenters. The van der Waals surface area contributed by atoms with Crippen molar-refractivity contribution in [3.63, 3.8) is 0 Å². The number of nitrogens with zero attached hydrogens (tertiary/aromatic N) is 3. The zero-order valence-electron chi connectivity index (χ0n) is 11.2. The van der Waals surface area contributed by atoms with Gasteiger partial charge in [0.1, 0.15) is 11.8 Å². The normalized spacial score (nSPS) is 9.86. The fourth-order valence-corrected chi connectivity index (χ4v) is 2.06. The Morgan fingerprint density at radius 2 is 1.67 bits per heavy atom. The molecule has 1 aromatic heterocycles. The van der Waals surface area contributed by atoms with Crippen molar-refractivity contribution in [3.8, 4) is 17.2 Å². The SMILES string of the molecule is N#Cc1ccnc(Nc2ccccc2-c2ccccc2)n1. The minimum Gasteiger partial charge on any atom is -0.324 e. The highest BCUT2D eigenvalue weighted by Gasteiger charge is 2.06. The highest BCUT2D eigenvalue weighted by molar-refractivity contribution is 5.79. The number of benzene rings is 2. The van der Waals surface area contributed by atoms with Crippen LogP contribution in [0.4, 0.5) is 11.6 Å². The lowest BCUT2D eigenvalue weighted by molar-refractivity contribution is 1.14. The summed E-state index contributed by atoms with van der Waals surface area (Å²) in [7, 11) is 0. The average Bonchev–Trinajstić information content (AvgIpc) is 2.56. The van der Waals surface area contributed by atoms with Crippen molar-refractivity contribution in [2.24, 2.45) is 0 Å². The lowest BCUT2D eigenvalue weighted by Crippen LogP contribution is -1.99. The van der Waals surface area contributed by atoms with Crippen LogP contribution in [0.1, 0.15) is 5.69 Å². The highest BCUT2D eigenvalue weighted by Crippen LogP contribution is 2.28. The molecule has 0 aliphatic heterocycles. The molecular weight excluding hydrogens is 260 g/mol. The molecule has 3 rings (SSSR count). The maximum absolute atomic E-state index is 8.89. The largest absolute Gasteiger partial charge is 0.324 e. The molecule has 0 aliphatic carbocycles. The number of anilines is 2. The summed E-state index contributed by atoms with van der Waals surface area (Å²) in [5, 5.41) is 12.1. The van der Waals surface area contributed by atoms with E-state index in [0.29, 0.717) is 11.6 Å². The second-order valence-corrected chi connectivity index (χ2v) is 4.41. The molecule has 4 nitrogen and oxygen atoms in total. The molecule has 0 aliphatic rings. The van der Waals surface area contributed by atoms with E-state index in [1.807, 2.05) is 60.7 Å². The smallest absolute Gasteiger partial charge is 0.228 e. The number of hydrogen-bond acceptors (Lipinski definition) is 4. The molecule has 100 valence electrons. The van der Waals surface area contributed by atoms with Crippen molar-refractivity contribution < 1.29 is 0 Å². The zero-order chi connectivity index (χ0) is 14.5. The van der Waals surface area contributed by atoms with Gasteiger partial charge in [-0.25, -0.2) is 9.97 Å². The van der Waals surface area contributed by atoms with Crippen LogP contribution in [0.25, 0.3) is 11.1 Å². The van der Waals surface area contributed by atoms with E-state index in [1.165, 1.54) is 0 Å². The van der Waals surface area contributed by atoms with Gasteiger partial charge in [-0.1, -0.05) is 48.5 Å². The van der Waals surface area contributed by atoms with Crippen LogP contribution in [0.3, 0.4) is 0 Å². The Labute approximate surface area is 122 Å². The van der Waals surface area contributed by atoms with Gasteiger partial charge in [0.25, 0.3) is 0 Å². The van der Waals surface area contributed by atoms with E-state index >= 15 is 0 Å². The third-order valence-electron chi connectivity index (χ3n) is 3.03. The average molecular weight is 272 g/mol. The van der Waals surface area contributed by atoms with Gasteiger partial charge in [0.05, 0.1) is 0 Å². The quantitative estimate of drug-likeness (QED) is 0.788. The van der Waals surface area contributed by atoms with Gasteiger partial charge < -0.3 is 5.32 Å². The topological polar surface area (TPSA) is 61.6 Å². The van der Waals surface area contributed by atoms with Gasteiger partial charge in [-0.15, -0.1) is 0 Å². The Morgan fingerprint density at radius 1 is 0.905 bits per heavy atom. The minimum absolute atomic E-state index is 0.338. The second kappa shape index (κ2) is 5.85. The summed E-state index contributed by atoms with van der Waals surface area (Å²) in [6, 6.07) is 21.6. The molecule has 2 aromatic carbocycles. The molecule has 0 unspecified atom stereocenters. The van der Waals surface area contributed by atoms with Crippen molar-refractivity contribution in [3.05, 3.63) is 72.6 Å². The highest BCUT2D eigenvalue weighted by atomic mass is 15.1. The standard InChI is InChI=1S/C17H12N4/c18-12-14-10-11-19-17(20-14)21-16-9-5-4-8-15(16)13-6-2-1-3-7-13/h1-11H,(H,19,20,21).